The molecule has 0 aliphatic heterocycles. The molecule has 0 amide bonds. The normalized spacial score (nSPS) is 10.9. The number of para-hydroxylation sites is 1. The van der Waals surface area contributed by atoms with Gasteiger partial charge in [-0.15, -0.1) is 0 Å². The van der Waals surface area contributed by atoms with Gasteiger partial charge in [0.15, 0.2) is 5.82 Å². The van der Waals surface area contributed by atoms with E-state index in [9.17, 15) is 0 Å². The first-order valence-electron chi connectivity index (χ1n) is 6.12. The minimum absolute atomic E-state index is 0.862. The van der Waals surface area contributed by atoms with E-state index in [1.54, 1.807) is 0 Å². The summed E-state index contributed by atoms with van der Waals surface area (Å²) in [4.78, 5) is 0. The van der Waals surface area contributed by atoms with E-state index in [4.69, 9.17) is 0 Å². The van der Waals surface area contributed by atoms with Crippen molar-refractivity contribution in [1.29, 1.82) is 0 Å². The van der Waals surface area contributed by atoms with Crippen molar-refractivity contribution in [1.82, 2.24) is 10.2 Å². The molecular weight excluding hydrogens is 302 g/mol. The summed E-state index contributed by atoms with van der Waals surface area (Å²) in [5.41, 5.74) is 4.51. The van der Waals surface area contributed by atoms with Crippen molar-refractivity contribution in [3.63, 3.8) is 0 Å². The second kappa shape index (κ2) is 4.70. The Bertz CT molecular complexity index is 746. The molecule has 0 radical (unpaired) electrons. The van der Waals surface area contributed by atoms with Gasteiger partial charge in [-0.3, -0.25) is 5.10 Å². The van der Waals surface area contributed by atoms with Crippen LogP contribution in [-0.4, -0.2) is 10.2 Å². The highest BCUT2D eigenvalue weighted by Gasteiger charge is 2.08. The van der Waals surface area contributed by atoms with Gasteiger partial charge in [0.05, 0.1) is 5.52 Å². The molecule has 3 rings (SSSR count). The minimum Gasteiger partial charge on any atom is -0.338 e. The number of fused-ring (bicyclic) bond motifs is 1. The molecule has 2 aromatic carbocycles. The lowest BCUT2D eigenvalue weighted by Crippen LogP contribution is -1.95. The zero-order valence-corrected chi connectivity index (χ0v) is 12.4. The largest absolute Gasteiger partial charge is 0.338 e. The molecule has 19 heavy (non-hydrogen) atoms. The number of rotatable bonds is 2. The maximum Gasteiger partial charge on any atom is 0.160 e. The predicted molar refractivity (Wildman–Crippen MR) is 83.0 cm³/mol. The standard InChI is InChI=1S/C15H14BrN3/c1-9-8-14(10(2)7-12(9)16)17-15-11-5-3-4-6-13(11)18-19-15/h3-8H,1-2H3,(H2,17,18,19). The Kier molecular flexibility index (Phi) is 3.03. The van der Waals surface area contributed by atoms with Crippen LogP contribution in [0.4, 0.5) is 11.5 Å². The molecule has 0 saturated heterocycles. The van der Waals surface area contributed by atoms with Gasteiger partial charge in [-0.1, -0.05) is 28.1 Å². The van der Waals surface area contributed by atoms with E-state index in [1.165, 1.54) is 11.1 Å². The van der Waals surface area contributed by atoms with E-state index in [2.05, 4.69) is 63.5 Å². The first kappa shape index (κ1) is 12.2. The number of halogens is 1. The van der Waals surface area contributed by atoms with Crippen molar-refractivity contribution >= 4 is 38.3 Å². The number of hydrogen-bond acceptors (Lipinski definition) is 2. The molecule has 0 bridgehead atoms. The summed E-state index contributed by atoms with van der Waals surface area (Å²) in [6.07, 6.45) is 0. The number of hydrogen-bond donors (Lipinski definition) is 2. The molecule has 3 nitrogen and oxygen atoms in total. The molecule has 2 N–H and O–H groups in total. The van der Waals surface area contributed by atoms with Crippen LogP contribution in [0.25, 0.3) is 10.9 Å². The molecule has 1 aromatic heterocycles. The molecule has 1 heterocycles. The molecule has 0 saturated carbocycles. The summed E-state index contributed by atoms with van der Waals surface area (Å²) in [5.74, 6) is 0.862. The van der Waals surface area contributed by atoms with Gasteiger partial charge in [-0.05, 0) is 49.2 Å². The Morgan fingerprint density at radius 2 is 1.89 bits per heavy atom. The van der Waals surface area contributed by atoms with Gasteiger partial charge in [0.25, 0.3) is 0 Å². The Labute approximate surface area is 120 Å². The summed E-state index contributed by atoms with van der Waals surface area (Å²) in [7, 11) is 0. The lowest BCUT2D eigenvalue weighted by molar-refractivity contribution is 1.12. The number of aromatic amines is 1. The van der Waals surface area contributed by atoms with Gasteiger partial charge in [0.1, 0.15) is 0 Å². The lowest BCUT2D eigenvalue weighted by atomic mass is 10.1. The fourth-order valence-corrected chi connectivity index (χ4v) is 2.56. The zero-order chi connectivity index (χ0) is 13.4. The minimum atomic E-state index is 0.862. The quantitative estimate of drug-likeness (QED) is 0.720. The third-order valence-electron chi connectivity index (χ3n) is 3.23. The highest BCUT2D eigenvalue weighted by Crippen LogP contribution is 2.29. The maximum atomic E-state index is 4.34. The summed E-state index contributed by atoms with van der Waals surface area (Å²) >= 11 is 3.55. The summed E-state index contributed by atoms with van der Waals surface area (Å²) < 4.78 is 1.13. The van der Waals surface area contributed by atoms with Crippen LogP contribution in [0.2, 0.25) is 0 Å². The Morgan fingerprint density at radius 3 is 2.74 bits per heavy atom. The molecule has 0 unspecified atom stereocenters. The number of aryl methyl sites for hydroxylation is 2. The number of benzene rings is 2. The van der Waals surface area contributed by atoms with Crippen LogP contribution in [0, 0.1) is 13.8 Å². The Balaban J connectivity index is 2.04. The van der Waals surface area contributed by atoms with E-state index in [0.29, 0.717) is 0 Å². The van der Waals surface area contributed by atoms with E-state index in [-0.39, 0.29) is 0 Å². The fourth-order valence-electron chi connectivity index (χ4n) is 2.10. The maximum absolute atomic E-state index is 4.34. The van der Waals surface area contributed by atoms with Crippen LogP contribution in [0.3, 0.4) is 0 Å². The molecule has 0 aliphatic rings. The Hall–Kier alpha value is -1.81. The number of nitrogens with one attached hydrogen (secondary N) is 2. The fraction of sp³-hybridized carbons (Fsp3) is 0.133. The average Bonchev–Trinajstić information content (AvgIpc) is 2.80. The van der Waals surface area contributed by atoms with Gasteiger partial charge in [-0.2, -0.15) is 5.10 Å². The summed E-state index contributed by atoms with van der Waals surface area (Å²) in [6.45, 7) is 4.17. The molecule has 0 aliphatic carbocycles. The Morgan fingerprint density at radius 1 is 1.11 bits per heavy atom. The van der Waals surface area contributed by atoms with Crippen LogP contribution in [-0.2, 0) is 0 Å². The van der Waals surface area contributed by atoms with Crippen LogP contribution in [0.15, 0.2) is 40.9 Å². The molecule has 96 valence electrons. The summed E-state index contributed by atoms with van der Waals surface area (Å²) in [6, 6.07) is 12.3. The highest BCUT2D eigenvalue weighted by molar-refractivity contribution is 9.10. The van der Waals surface area contributed by atoms with Crippen molar-refractivity contribution in [2.45, 2.75) is 13.8 Å². The van der Waals surface area contributed by atoms with E-state index >= 15 is 0 Å². The molecule has 0 atom stereocenters. The van der Waals surface area contributed by atoms with Crippen LogP contribution in [0.1, 0.15) is 11.1 Å². The average molecular weight is 316 g/mol. The van der Waals surface area contributed by atoms with Crippen molar-refractivity contribution in [2.75, 3.05) is 5.32 Å². The van der Waals surface area contributed by atoms with E-state index < -0.39 is 0 Å². The first-order chi connectivity index (χ1) is 9.15. The SMILES string of the molecule is Cc1cc(Nc2n[nH]c3ccccc23)c(C)cc1Br. The monoisotopic (exact) mass is 315 g/mol. The predicted octanol–water partition coefficient (Wildman–Crippen LogP) is 4.69. The summed E-state index contributed by atoms with van der Waals surface area (Å²) in [5, 5.41) is 11.9. The van der Waals surface area contributed by atoms with Crippen LogP contribution >= 0.6 is 15.9 Å². The zero-order valence-electron chi connectivity index (χ0n) is 10.8. The van der Waals surface area contributed by atoms with Gasteiger partial charge < -0.3 is 5.32 Å². The molecule has 3 aromatic rings. The lowest BCUT2D eigenvalue weighted by Gasteiger charge is -2.10. The number of nitrogens with zero attached hydrogens (tertiary/aromatic N) is 1. The van der Waals surface area contributed by atoms with Crippen LogP contribution < -0.4 is 5.32 Å². The smallest absolute Gasteiger partial charge is 0.160 e. The second-order valence-electron chi connectivity index (χ2n) is 4.66. The third kappa shape index (κ3) is 2.24. The van der Waals surface area contributed by atoms with E-state index in [1.807, 2.05) is 18.2 Å². The van der Waals surface area contributed by atoms with Crippen molar-refractivity contribution in [3.05, 3.63) is 52.0 Å². The molecule has 0 spiro atoms. The third-order valence-corrected chi connectivity index (χ3v) is 4.08. The van der Waals surface area contributed by atoms with Crippen LogP contribution in [0.5, 0.6) is 0 Å². The number of H-pyrrole nitrogens is 1. The van der Waals surface area contributed by atoms with Gasteiger partial charge in [-0.25, -0.2) is 0 Å². The first-order valence-corrected chi connectivity index (χ1v) is 6.91. The van der Waals surface area contributed by atoms with Gasteiger partial charge >= 0.3 is 0 Å². The number of anilines is 2. The number of aromatic nitrogens is 2. The van der Waals surface area contributed by atoms with Gasteiger partial charge in [0.2, 0.25) is 0 Å². The molecule has 4 heteroatoms. The molecule has 0 fully saturated rings. The topological polar surface area (TPSA) is 40.7 Å². The van der Waals surface area contributed by atoms with Crippen molar-refractivity contribution in [3.8, 4) is 0 Å². The second-order valence-corrected chi connectivity index (χ2v) is 5.51. The van der Waals surface area contributed by atoms with E-state index in [0.717, 1.165) is 26.9 Å². The molecular formula is C15H14BrN3. The van der Waals surface area contributed by atoms with Gasteiger partial charge in [0, 0.05) is 15.5 Å². The van der Waals surface area contributed by atoms with Crippen molar-refractivity contribution in [2.24, 2.45) is 0 Å². The highest BCUT2D eigenvalue weighted by atomic mass is 79.9. The van der Waals surface area contributed by atoms with Crippen molar-refractivity contribution < 1.29 is 0 Å².